The number of hydrogen-bond donors (Lipinski definition) is 0. The molecule has 2 heteroatoms. The van der Waals surface area contributed by atoms with Crippen molar-refractivity contribution in [3.63, 3.8) is 0 Å². The third-order valence-electron chi connectivity index (χ3n) is 3.60. The number of hydrogen-bond acceptors (Lipinski definition) is 1. The first-order valence-electron chi connectivity index (χ1n) is 8.20. The van der Waals surface area contributed by atoms with E-state index in [-0.39, 0.29) is 0 Å². The van der Waals surface area contributed by atoms with Gasteiger partial charge in [0, 0.05) is 0 Å². The summed E-state index contributed by atoms with van der Waals surface area (Å²) in [7, 11) is 0. The summed E-state index contributed by atoms with van der Waals surface area (Å²) in [4.78, 5) is 0. The van der Waals surface area contributed by atoms with E-state index >= 15 is 0 Å². The van der Waals surface area contributed by atoms with E-state index in [1.807, 2.05) is 0 Å². The van der Waals surface area contributed by atoms with Crippen LogP contribution in [0, 0.1) is 0 Å². The SMILES string of the molecule is CCCCCCCCCCCCCCCC[O][Sn]. The average molecular weight is 360 g/mol. The zero-order valence-corrected chi connectivity index (χ0v) is 15.4. The van der Waals surface area contributed by atoms with Gasteiger partial charge in [0.1, 0.15) is 0 Å². The summed E-state index contributed by atoms with van der Waals surface area (Å²) in [5, 5.41) is 0. The van der Waals surface area contributed by atoms with E-state index in [1.54, 1.807) is 0 Å². The van der Waals surface area contributed by atoms with Crippen LogP contribution in [0.4, 0.5) is 0 Å². The van der Waals surface area contributed by atoms with E-state index in [4.69, 9.17) is 3.07 Å². The first-order valence-corrected chi connectivity index (χ1v) is 9.37. The van der Waals surface area contributed by atoms with Gasteiger partial charge in [-0.3, -0.25) is 0 Å². The molecule has 0 N–H and O–H groups in total. The van der Waals surface area contributed by atoms with Gasteiger partial charge in [-0.15, -0.1) is 0 Å². The summed E-state index contributed by atoms with van der Waals surface area (Å²) in [5.41, 5.74) is 0. The van der Waals surface area contributed by atoms with Gasteiger partial charge in [-0.2, -0.15) is 0 Å². The summed E-state index contributed by atoms with van der Waals surface area (Å²) in [6, 6.07) is 0. The Bertz CT molecular complexity index is 123. The molecule has 0 heterocycles. The van der Waals surface area contributed by atoms with E-state index in [0.29, 0.717) is 0 Å². The van der Waals surface area contributed by atoms with E-state index in [9.17, 15) is 0 Å². The molecule has 0 aliphatic heterocycles. The van der Waals surface area contributed by atoms with Crippen LogP contribution in [0.2, 0.25) is 0 Å². The van der Waals surface area contributed by atoms with Gasteiger partial charge in [-0.1, -0.05) is 32.6 Å². The third-order valence-corrected chi connectivity index (χ3v) is 4.18. The van der Waals surface area contributed by atoms with Crippen LogP contribution in [-0.2, 0) is 3.07 Å². The zero-order valence-electron chi connectivity index (χ0n) is 12.5. The fourth-order valence-corrected chi connectivity index (χ4v) is 2.78. The normalized spacial score (nSPS) is 11.0. The van der Waals surface area contributed by atoms with Crippen molar-refractivity contribution in [1.82, 2.24) is 0 Å². The minimum absolute atomic E-state index is 0.982. The van der Waals surface area contributed by atoms with Gasteiger partial charge in [0.25, 0.3) is 0 Å². The average Bonchev–Trinajstić information content (AvgIpc) is 2.39. The molecule has 0 spiro atoms. The number of unbranched alkanes of at least 4 members (excludes halogenated alkanes) is 13. The van der Waals surface area contributed by atoms with Crippen molar-refractivity contribution in [2.75, 3.05) is 6.61 Å². The van der Waals surface area contributed by atoms with Gasteiger partial charge in [0.05, 0.1) is 0 Å². The molecule has 0 amide bonds. The number of rotatable bonds is 15. The summed E-state index contributed by atoms with van der Waals surface area (Å²) in [5.74, 6) is 0. The molecule has 107 valence electrons. The molecule has 3 radical (unpaired) electrons. The summed E-state index contributed by atoms with van der Waals surface area (Å²) >= 11 is 1.22. The van der Waals surface area contributed by atoms with Crippen molar-refractivity contribution in [2.24, 2.45) is 0 Å². The molecular formula is C16H33OSn. The van der Waals surface area contributed by atoms with Crippen molar-refractivity contribution in [2.45, 2.75) is 96.8 Å². The Hall–Kier alpha value is 0.759. The summed E-state index contributed by atoms with van der Waals surface area (Å²) < 4.78 is 5.14. The monoisotopic (exact) mass is 361 g/mol. The molecule has 0 atom stereocenters. The Morgan fingerprint density at radius 2 is 0.889 bits per heavy atom. The van der Waals surface area contributed by atoms with Gasteiger partial charge in [-0.05, 0) is 0 Å². The fourth-order valence-electron chi connectivity index (χ4n) is 2.37. The molecule has 18 heavy (non-hydrogen) atoms. The fraction of sp³-hybridized carbons (Fsp3) is 1.00. The molecule has 0 aliphatic rings. The maximum absolute atomic E-state index is 5.14. The maximum atomic E-state index is 5.14. The molecular weight excluding hydrogens is 327 g/mol. The topological polar surface area (TPSA) is 9.23 Å². The Kier molecular flexibility index (Phi) is 18.5. The van der Waals surface area contributed by atoms with Crippen molar-refractivity contribution < 1.29 is 3.07 Å². The van der Waals surface area contributed by atoms with E-state index < -0.39 is 0 Å². The van der Waals surface area contributed by atoms with Crippen LogP contribution in [0.25, 0.3) is 0 Å². The van der Waals surface area contributed by atoms with Gasteiger partial charge < -0.3 is 0 Å². The molecule has 1 nitrogen and oxygen atoms in total. The van der Waals surface area contributed by atoms with Crippen LogP contribution in [0.1, 0.15) is 96.8 Å². The Morgan fingerprint density at radius 3 is 1.22 bits per heavy atom. The Morgan fingerprint density at radius 1 is 0.556 bits per heavy atom. The second-order valence-electron chi connectivity index (χ2n) is 5.44. The third kappa shape index (κ3) is 16.8. The molecule has 0 aromatic heterocycles. The standard InChI is InChI=1S/C16H33O.Sn/c1-2-3-4-5-6-7-8-9-10-11-12-13-14-15-16-17;/h2-16H2,1H3;/q-1;+1. The first kappa shape index (κ1) is 18.8. The quantitative estimate of drug-likeness (QED) is 0.274. The predicted octanol–water partition coefficient (Wildman–Crippen LogP) is 5.57. The molecule has 0 bridgehead atoms. The van der Waals surface area contributed by atoms with Crippen molar-refractivity contribution >= 4 is 22.9 Å². The van der Waals surface area contributed by atoms with Crippen LogP contribution in [0.15, 0.2) is 0 Å². The second-order valence-corrected chi connectivity index (χ2v) is 6.27. The van der Waals surface area contributed by atoms with Crippen LogP contribution in [0.3, 0.4) is 0 Å². The molecule has 0 rings (SSSR count). The molecule has 0 aromatic rings. The molecule has 0 unspecified atom stereocenters. The van der Waals surface area contributed by atoms with Gasteiger partial charge in [-0.25, -0.2) is 0 Å². The predicted molar refractivity (Wildman–Crippen MR) is 82.0 cm³/mol. The summed E-state index contributed by atoms with van der Waals surface area (Å²) in [6.07, 6.45) is 20.0. The first-order chi connectivity index (χ1) is 8.91. The van der Waals surface area contributed by atoms with Gasteiger partial charge in [0.15, 0.2) is 0 Å². The van der Waals surface area contributed by atoms with Crippen LogP contribution in [0.5, 0.6) is 0 Å². The van der Waals surface area contributed by atoms with E-state index in [0.717, 1.165) is 6.61 Å². The second kappa shape index (κ2) is 17.8. The van der Waals surface area contributed by atoms with Crippen molar-refractivity contribution in [1.29, 1.82) is 0 Å². The minimum atomic E-state index is 0.982. The van der Waals surface area contributed by atoms with E-state index in [2.05, 4.69) is 6.92 Å². The zero-order chi connectivity index (χ0) is 13.3. The van der Waals surface area contributed by atoms with Crippen LogP contribution < -0.4 is 0 Å². The van der Waals surface area contributed by atoms with Crippen LogP contribution in [-0.4, -0.2) is 29.5 Å². The van der Waals surface area contributed by atoms with E-state index in [1.165, 1.54) is 113 Å². The molecule has 0 fully saturated rings. The van der Waals surface area contributed by atoms with Crippen molar-refractivity contribution in [3.8, 4) is 0 Å². The van der Waals surface area contributed by atoms with Crippen molar-refractivity contribution in [3.05, 3.63) is 0 Å². The Labute approximate surface area is 129 Å². The molecule has 0 saturated carbocycles. The molecule has 0 aromatic carbocycles. The van der Waals surface area contributed by atoms with Gasteiger partial charge in [0.2, 0.25) is 0 Å². The Balaban J connectivity index is 2.86. The van der Waals surface area contributed by atoms with Gasteiger partial charge >= 0.3 is 96.8 Å². The molecule has 0 saturated heterocycles. The molecule has 0 aliphatic carbocycles. The summed E-state index contributed by atoms with van der Waals surface area (Å²) in [6.45, 7) is 3.27. The van der Waals surface area contributed by atoms with Crippen LogP contribution >= 0.6 is 0 Å².